The molecule has 12 nitrogen and oxygen atoms in total. The number of thiophene rings is 1. The van der Waals surface area contributed by atoms with Crippen LogP contribution in [0.2, 0.25) is 0 Å². The fourth-order valence-electron chi connectivity index (χ4n) is 9.27. The summed E-state index contributed by atoms with van der Waals surface area (Å²) in [6.45, 7) is 10.4. The normalized spacial score (nSPS) is 18.6. The molecule has 0 atom stereocenters. The van der Waals surface area contributed by atoms with Crippen LogP contribution in [0.3, 0.4) is 0 Å². The SMILES string of the molecule is CC.CS(=O)(=O)c1ccc(C(=O)Nc2cccc(N3CCOCC3)c2)c(N2CCC3(CC2)CC3)c1.CS(=O)(=O)c1ccc(C(=O)Nc2cccc3ccsc23)c(N2CCC3(CC2)CC3)c1.[HH].[HH]. The predicted octanol–water partition coefficient (Wildman–Crippen LogP) is 10.0. The van der Waals surface area contributed by atoms with E-state index in [0.29, 0.717) is 46.5 Å². The first-order valence-corrected chi connectivity index (χ1v) is 27.5. The summed E-state index contributed by atoms with van der Waals surface area (Å²) in [5, 5.41) is 9.18. The first kappa shape index (κ1) is 46.6. The topological polar surface area (TPSA) is 145 Å². The van der Waals surface area contributed by atoms with Gasteiger partial charge in [-0.1, -0.05) is 32.0 Å². The number of rotatable bonds is 9. The van der Waals surface area contributed by atoms with Crippen LogP contribution < -0.4 is 25.3 Å². The maximum absolute atomic E-state index is 13.3. The molecule has 5 aromatic rings. The van der Waals surface area contributed by atoms with E-state index in [1.807, 2.05) is 67.8 Å². The van der Waals surface area contributed by atoms with Gasteiger partial charge in [-0.3, -0.25) is 9.59 Å². The highest BCUT2D eigenvalue weighted by molar-refractivity contribution is 7.91. The molecule has 2 aliphatic carbocycles. The highest BCUT2D eigenvalue weighted by Crippen LogP contribution is 2.55. The summed E-state index contributed by atoms with van der Waals surface area (Å²) < 4.78 is 55.2. The van der Waals surface area contributed by atoms with E-state index in [-0.39, 0.29) is 24.5 Å². The molecular formula is C50H65N5O7S3. The van der Waals surface area contributed by atoms with Gasteiger partial charge in [0.05, 0.1) is 55.9 Å². The Labute approximate surface area is 391 Å². The van der Waals surface area contributed by atoms with Gasteiger partial charge in [-0.25, -0.2) is 16.8 Å². The molecule has 2 saturated carbocycles. The van der Waals surface area contributed by atoms with Crippen molar-refractivity contribution >= 4 is 81.3 Å². The highest BCUT2D eigenvalue weighted by atomic mass is 32.2. The summed E-state index contributed by atoms with van der Waals surface area (Å²) in [7, 11) is -6.72. The molecule has 65 heavy (non-hydrogen) atoms. The van der Waals surface area contributed by atoms with E-state index in [0.717, 1.165) is 92.1 Å². The molecular weight excluding hydrogens is 879 g/mol. The van der Waals surface area contributed by atoms with Gasteiger partial charge in [-0.05, 0) is 140 Å². The molecule has 0 radical (unpaired) electrons. The Bertz CT molecular complexity index is 2770. The molecule has 1 aromatic heterocycles. The second-order valence-corrected chi connectivity index (χ2v) is 23.0. The third kappa shape index (κ3) is 10.9. The molecule has 5 aliphatic rings. The van der Waals surface area contributed by atoms with Crippen molar-refractivity contribution in [2.45, 2.75) is 75.0 Å². The molecule has 4 aromatic carbocycles. The minimum Gasteiger partial charge on any atom is -0.378 e. The van der Waals surface area contributed by atoms with Crippen molar-refractivity contribution in [1.29, 1.82) is 0 Å². The quantitative estimate of drug-likeness (QED) is 0.147. The molecule has 3 saturated heterocycles. The van der Waals surface area contributed by atoms with Crippen molar-refractivity contribution < 1.29 is 34.0 Å². The van der Waals surface area contributed by atoms with E-state index in [1.54, 1.807) is 35.6 Å². The lowest BCUT2D eigenvalue weighted by Gasteiger charge is -2.35. The van der Waals surface area contributed by atoms with Crippen LogP contribution in [0.1, 0.15) is 88.8 Å². The Morgan fingerprint density at radius 2 is 1.11 bits per heavy atom. The van der Waals surface area contributed by atoms with Crippen LogP contribution in [0.25, 0.3) is 10.1 Å². The molecule has 0 unspecified atom stereocenters. The summed E-state index contributed by atoms with van der Waals surface area (Å²) in [6, 6.07) is 25.4. The number of fused-ring (bicyclic) bond motifs is 1. The minimum absolute atomic E-state index is 0. The number of sulfone groups is 2. The average Bonchev–Trinajstić information content (AvgIpc) is 4.21. The van der Waals surface area contributed by atoms with E-state index in [1.165, 1.54) is 50.3 Å². The molecule has 4 heterocycles. The lowest BCUT2D eigenvalue weighted by Crippen LogP contribution is -2.36. The lowest BCUT2D eigenvalue weighted by molar-refractivity contribution is 0.101. The van der Waals surface area contributed by atoms with Crippen LogP contribution in [0.5, 0.6) is 0 Å². The molecule has 5 fully saturated rings. The van der Waals surface area contributed by atoms with Crippen LogP contribution in [0, 0.1) is 10.8 Å². The number of hydrogen-bond acceptors (Lipinski definition) is 11. The van der Waals surface area contributed by atoms with Crippen LogP contribution in [0.15, 0.2) is 100 Å². The van der Waals surface area contributed by atoms with Crippen LogP contribution in [0.4, 0.5) is 28.4 Å². The molecule has 2 N–H and O–H groups in total. The summed E-state index contributed by atoms with van der Waals surface area (Å²) >= 11 is 1.59. The first-order valence-electron chi connectivity index (χ1n) is 22.9. The number of piperidine rings is 2. The van der Waals surface area contributed by atoms with Gasteiger partial charge >= 0.3 is 0 Å². The van der Waals surface area contributed by atoms with Crippen LogP contribution in [-0.4, -0.2) is 93.6 Å². The average molecular weight is 944 g/mol. The number of benzene rings is 4. The fraction of sp³-hybridized carbons (Fsp3) is 0.440. The van der Waals surface area contributed by atoms with Crippen molar-refractivity contribution in [3.63, 3.8) is 0 Å². The Balaban J connectivity index is 0.000000208. The number of morpholine rings is 1. The Kier molecular flexibility index (Phi) is 13.7. The molecule has 0 bridgehead atoms. The van der Waals surface area contributed by atoms with E-state index >= 15 is 0 Å². The van der Waals surface area contributed by atoms with Crippen molar-refractivity contribution in [2.24, 2.45) is 10.8 Å². The van der Waals surface area contributed by atoms with Crippen molar-refractivity contribution in [2.75, 3.05) is 90.3 Å². The lowest BCUT2D eigenvalue weighted by atomic mass is 9.93. The van der Waals surface area contributed by atoms with Gasteiger partial charge in [0, 0.05) is 66.0 Å². The molecule has 2 amide bonds. The zero-order valence-electron chi connectivity index (χ0n) is 37.9. The number of ether oxygens (including phenoxy) is 1. The molecule has 3 aliphatic heterocycles. The zero-order valence-corrected chi connectivity index (χ0v) is 40.3. The number of nitrogens with one attached hydrogen (secondary N) is 2. The second kappa shape index (κ2) is 19.1. The van der Waals surface area contributed by atoms with Gasteiger partial charge in [-0.15, -0.1) is 11.3 Å². The van der Waals surface area contributed by atoms with Gasteiger partial charge in [-0.2, -0.15) is 0 Å². The third-order valence-corrected chi connectivity index (χ3v) is 16.9. The number of carbonyl (C=O) groups excluding carboxylic acids is 2. The molecule has 2 spiro atoms. The summed E-state index contributed by atoms with van der Waals surface area (Å²) in [5.74, 6) is -0.437. The molecule has 350 valence electrons. The number of amides is 2. The Morgan fingerprint density at radius 1 is 0.600 bits per heavy atom. The zero-order chi connectivity index (χ0) is 46.0. The number of carbonyl (C=O) groups is 2. The van der Waals surface area contributed by atoms with Crippen molar-refractivity contribution in [3.8, 4) is 0 Å². The van der Waals surface area contributed by atoms with E-state index in [9.17, 15) is 26.4 Å². The van der Waals surface area contributed by atoms with Gasteiger partial charge < -0.3 is 30.1 Å². The maximum atomic E-state index is 13.3. The van der Waals surface area contributed by atoms with Crippen LogP contribution in [-0.2, 0) is 24.4 Å². The van der Waals surface area contributed by atoms with Crippen molar-refractivity contribution in [1.82, 2.24) is 0 Å². The summed E-state index contributed by atoms with van der Waals surface area (Å²) in [6.07, 6.45) is 12.0. The van der Waals surface area contributed by atoms with Crippen LogP contribution >= 0.6 is 11.3 Å². The fourth-order valence-corrected chi connectivity index (χ4v) is 11.4. The summed E-state index contributed by atoms with van der Waals surface area (Å²) in [4.78, 5) is 33.7. The monoisotopic (exact) mass is 943 g/mol. The van der Waals surface area contributed by atoms with Crippen molar-refractivity contribution in [3.05, 3.63) is 101 Å². The van der Waals surface area contributed by atoms with Gasteiger partial charge in [0.1, 0.15) is 0 Å². The molecule has 10 rings (SSSR count). The Hall–Kier alpha value is -4.96. The number of anilines is 5. The standard InChI is InChI=1S/C25H31N3O4S.C23H24N2O3S2.C2H6.2H2/c1-33(30,31)21-5-6-22(23(18-21)28-11-9-25(7-8-25)10-12-28)24(29)26-19-3-2-4-20(17-19)27-13-15-32-16-14-27;1-30(27,28)17-5-6-18(20(15-17)25-12-10-23(8-9-23)11-13-25)22(26)24-19-4-2-3-16-7-14-29-21(16)19;1-2;;/h2-6,17-18H,7-16H2,1H3,(H,26,29);2-7,14-15H,8-13H2,1H3,(H,24,26);1-2H3;2*1H. The number of nitrogens with zero attached hydrogens (tertiary/aromatic N) is 3. The smallest absolute Gasteiger partial charge is 0.257 e. The van der Waals surface area contributed by atoms with Gasteiger partial charge in [0.25, 0.3) is 11.8 Å². The van der Waals surface area contributed by atoms with E-state index in [4.69, 9.17) is 4.74 Å². The minimum atomic E-state index is -3.37. The third-order valence-electron chi connectivity index (χ3n) is 13.7. The largest absolute Gasteiger partial charge is 0.378 e. The number of hydrogen-bond donors (Lipinski definition) is 2. The Morgan fingerprint density at radius 3 is 1.62 bits per heavy atom. The highest BCUT2D eigenvalue weighted by Gasteiger charge is 2.46. The summed E-state index contributed by atoms with van der Waals surface area (Å²) in [5.41, 5.74) is 5.98. The first-order chi connectivity index (χ1) is 31.2. The van der Waals surface area contributed by atoms with E-state index in [2.05, 4.69) is 25.3 Å². The van der Waals surface area contributed by atoms with Gasteiger partial charge in [0.2, 0.25) is 0 Å². The van der Waals surface area contributed by atoms with E-state index < -0.39 is 19.7 Å². The maximum Gasteiger partial charge on any atom is 0.257 e. The molecule has 15 heteroatoms. The van der Waals surface area contributed by atoms with Gasteiger partial charge in [0.15, 0.2) is 19.7 Å². The predicted molar refractivity (Wildman–Crippen MR) is 268 cm³/mol. The second-order valence-electron chi connectivity index (χ2n) is 18.1.